The molecule has 0 aliphatic carbocycles. The lowest BCUT2D eigenvalue weighted by atomic mass is 9.95. The maximum absolute atomic E-state index is 13.4. The highest BCUT2D eigenvalue weighted by Crippen LogP contribution is 2.26. The van der Waals surface area contributed by atoms with Crippen LogP contribution in [0.1, 0.15) is 39.2 Å². The second-order valence-corrected chi connectivity index (χ2v) is 8.36. The second-order valence-electron chi connectivity index (χ2n) is 8.36. The molecule has 1 fully saturated rings. The molecule has 0 N–H and O–H groups in total. The van der Waals surface area contributed by atoms with Crippen LogP contribution >= 0.6 is 0 Å². The summed E-state index contributed by atoms with van der Waals surface area (Å²) in [5.74, 6) is -0.0329. The number of aromatic nitrogens is 1. The van der Waals surface area contributed by atoms with Crippen LogP contribution in [0.2, 0.25) is 0 Å². The number of likely N-dealkylation sites (tertiary alicyclic amines) is 1. The molecule has 154 valence electrons. The number of para-hydroxylation sites is 1. The number of piperidine rings is 1. The van der Waals surface area contributed by atoms with Crippen molar-refractivity contribution in [3.8, 4) is 0 Å². The van der Waals surface area contributed by atoms with E-state index in [1.807, 2.05) is 68.1 Å². The van der Waals surface area contributed by atoms with Gasteiger partial charge in [-0.25, -0.2) is 4.79 Å². The number of pyridine rings is 1. The van der Waals surface area contributed by atoms with Crippen LogP contribution in [0.3, 0.4) is 0 Å². The topological polar surface area (TPSA) is 62.7 Å². The van der Waals surface area contributed by atoms with Crippen LogP contribution in [0.5, 0.6) is 0 Å². The van der Waals surface area contributed by atoms with Gasteiger partial charge in [0.05, 0.1) is 6.54 Å². The van der Waals surface area contributed by atoms with E-state index in [0.717, 1.165) is 11.3 Å². The molecule has 1 saturated heterocycles. The molecule has 2 aromatic rings. The molecule has 0 radical (unpaired) electrons. The second kappa shape index (κ2) is 9.07. The molecule has 1 aromatic heterocycles. The van der Waals surface area contributed by atoms with Gasteiger partial charge in [0.15, 0.2) is 0 Å². The third-order valence-electron chi connectivity index (χ3n) is 4.89. The van der Waals surface area contributed by atoms with Crippen molar-refractivity contribution in [2.45, 2.75) is 45.8 Å². The lowest BCUT2D eigenvalue weighted by Crippen LogP contribution is -2.45. The molecule has 6 nitrogen and oxygen atoms in total. The summed E-state index contributed by atoms with van der Waals surface area (Å²) in [6.45, 7) is 7.11. The Morgan fingerprint density at radius 1 is 1.10 bits per heavy atom. The molecule has 0 unspecified atom stereocenters. The minimum atomic E-state index is -0.516. The highest BCUT2D eigenvalue weighted by atomic mass is 16.6. The van der Waals surface area contributed by atoms with Crippen LogP contribution in [0.15, 0.2) is 54.9 Å². The Hall–Kier alpha value is -2.89. The van der Waals surface area contributed by atoms with Gasteiger partial charge < -0.3 is 14.5 Å². The summed E-state index contributed by atoms with van der Waals surface area (Å²) in [7, 11) is 0. The monoisotopic (exact) mass is 395 g/mol. The van der Waals surface area contributed by atoms with Gasteiger partial charge in [-0.1, -0.05) is 24.3 Å². The molecule has 0 bridgehead atoms. The lowest BCUT2D eigenvalue weighted by molar-refractivity contribution is -0.124. The van der Waals surface area contributed by atoms with Crippen LogP contribution < -0.4 is 4.90 Å². The number of hydrogen-bond acceptors (Lipinski definition) is 4. The van der Waals surface area contributed by atoms with Crippen molar-refractivity contribution < 1.29 is 14.3 Å². The van der Waals surface area contributed by atoms with Crippen LogP contribution in [-0.4, -0.2) is 40.6 Å². The van der Waals surface area contributed by atoms with E-state index < -0.39 is 5.60 Å². The average Bonchev–Trinajstić information content (AvgIpc) is 2.72. The van der Waals surface area contributed by atoms with Gasteiger partial charge in [-0.2, -0.15) is 0 Å². The van der Waals surface area contributed by atoms with E-state index in [4.69, 9.17) is 4.74 Å². The average molecular weight is 396 g/mol. The van der Waals surface area contributed by atoms with Crippen LogP contribution in [-0.2, 0) is 16.1 Å². The molecule has 0 saturated carbocycles. The van der Waals surface area contributed by atoms with Gasteiger partial charge >= 0.3 is 6.09 Å². The Kier molecular flexibility index (Phi) is 6.52. The van der Waals surface area contributed by atoms with Gasteiger partial charge in [-0.3, -0.25) is 9.78 Å². The zero-order valence-electron chi connectivity index (χ0n) is 17.4. The summed E-state index contributed by atoms with van der Waals surface area (Å²) in [6, 6.07) is 13.6. The van der Waals surface area contributed by atoms with Crippen molar-refractivity contribution in [2.75, 3.05) is 18.0 Å². The largest absolute Gasteiger partial charge is 0.444 e. The first kappa shape index (κ1) is 20.8. The van der Waals surface area contributed by atoms with Gasteiger partial charge in [0, 0.05) is 37.1 Å². The zero-order chi connectivity index (χ0) is 20.9. The summed E-state index contributed by atoms with van der Waals surface area (Å²) in [6.07, 6.45) is 4.47. The van der Waals surface area contributed by atoms with E-state index in [2.05, 4.69) is 4.98 Å². The predicted octanol–water partition coefficient (Wildman–Crippen LogP) is 4.26. The molecule has 29 heavy (non-hydrogen) atoms. The molecule has 2 heterocycles. The minimum absolute atomic E-state index is 0.0869. The van der Waals surface area contributed by atoms with Crippen LogP contribution in [0.25, 0.3) is 0 Å². The Labute approximate surface area is 172 Å². The Balaban J connectivity index is 1.68. The van der Waals surface area contributed by atoms with Gasteiger partial charge in [0.1, 0.15) is 5.60 Å². The van der Waals surface area contributed by atoms with Crippen LogP contribution in [0.4, 0.5) is 10.5 Å². The molecule has 1 aliphatic rings. The number of anilines is 1. The Bertz CT molecular complexity index is 810. The number of benzene rings is 1. The van der Waals surface area contributed by atoms with Crippen molar-refractivity contribution >= 4 is 17.7 Å². The highest BCUT2D eigenvalue weighted by molar-refractivity contribution is 5.95. The van der Waals surface area contributed by atoms with Gasteiger partial charge in [0.2, 0.25) is 5.91 Å². The quantitative estimate of drug-likeness (QED) is 0.776. The highest BCUT2D eigenvalue weighted by Gasteiger charge is 2.32. The van der Waals surface area contributed by atoms with Crippen molar-refractivity contribution in [1.82, 2.24) is 9.88 Å². The Morgan fingerprint density at radius 2 is 1.79 bits per heavy atom. The molecular weight excluding hydrogens is 366 g/mol. The Morgan fingerprint density at radius 3 is 2.38 bits per heavy atom. The maximum Gasteiger partial charge on any atom is 0.410 e. The minimum Gasteiger partial charge on any atom is -0.444 e. The normalized spacial score (nSPS) is 15.1. The maximum atomic E-state index is 13.4. The van der Waals surface area contributed by atoms with E-state index in [1.54, 1.807) is 17.3 Å². The number of nitrogens with zero attached hydrogens (tertiary/aromatic N) is 3. The number of hydrogen-bond donors (Lipinski definition) is 0. The standard InChI is InChI=1S/C23H29N3O3/c1-23(2,3)29-22(28)25-14-11-19(12-15-25)21(27)26(20-9-5-4-6-10-20)17-18-8-7-13-24-16-18/h4-10,13,16,19H,11-12,14-15,17H2,1-3H3. The number of carbonyl (C=O) groups is 2. The molecule has 0 spiro atoms. The fraction of sp³-hybridized carbons (Fsp3) is 0.435. The predicted molar refractivity (Wildman–Crippen MR) is 112 cm³/mol. The fourth-order valence-electron chi connectivity index (χ4n) is 3.43. The number of amides is 2. The lowest BCUT2D eigenvalue weighted by Gasteiger charge is -2.35. The smallest absolute Gasteiger partial charge is 0.410 e. The molecule has 0 atom stereocenters. The van der Waals surface area contributed by atoms with Gasteiger partial charge in [-0.05, 0) is 57.4 Å². The number of carbonyl (C=O) groups excluding carboxylic acids is 2. The zero-order valence-corrected chi connectivity index (χ0v) is 17.4. The molecular formula is C23H29N3O3. The van der Waals surface area contributed by atoms with E-state index in [1.165, 1.54) is 0 Å². The summed E-state index contributed by atoms with van der Waals surface area (Å²) < 4.78 is 5.45. The van der Waals surface area contributed by atoms with Crippen LogP contribution in [0, 0.1) is 5.92 Å². The first-order valence-corrected chi connectivity index (χ1v) is 10.1. The SMILES string of the molecule is CC(C)(C)OC(=O)N1CCC(C(=O)N(Cc2cccnc2)c2ccccc2)CC1. The van der Waals surface area contributed by atoms with E-state index in [9.17, 15) is 9.59 Å². The first-order chi connectivity index (χ1) is 13.8. The van der Waals surface area contributed by atoms with Gasteiger partial charge in [0.25, 0.3) is 0 Å². The summed E-state index contributed by atoms with van der Waals surface area (Å²) >= 11 is 0. The molecule has 3 rings (SSSR count). The molecule has 6 heteroatoms. The summed E-state index contributed by atoms with van der Waals surface area (Å²) in [5, 5.41) is 0. The van der Waals surface area contributed by atoms with Gasteiger partial charge in [-0.15, -0.1) is 0 Å². The van der Waals surface area contributed by atoms with E-state index >= 15 is 0 Å². The fourth-order valence-corrected chi connectivity index (χ4v) is 3.43. The summed E-state index contributed by atoms with van der Waals surface area (Å²) in [4.78, 5) is 33.4. The van der Waals surface area contributed by atoms with Crippen molar-refractivity contribution in [2.24, 2.45) is 5.92 Å². The van der Waals surface area contributed by atoms with Crippen molar-refractivity contribution in [3.05, 3.63) is 60.4 Å². The number of ether oxygens (including phenoxy) is 1. The number of rotatable bonds is 4. The van der Waals surface area contributed by atoms with E-state index in [0.29, 0.717) is 32.5 Å². The molecule has 1 aromatic carbocycles. The first-order valence-electron chi connectivity index (χ1n) is 10.1. The van der Waals surface area contributed by atoms with E-state index in [-0.39, 0.29) is 17.9 Å². The molecule has 2 amide bonds. The third-order valence-corrected chi connectivity index (χ3v) is 4.89. The van der Waals surface area contributed by atoms with Crippen molar-refractivity contribution in [3.63, 3.8) is 0 Å². The molecule has 1 aliphatic heterocycles. The third kappa shape index (κ3) is 5.79. The van der Waals surface area contributed by atoms with Crippen molar-refractivity contribution in [1.29, 1.82) is 0 Å². The summed E-state index contributed by atoms with van der Waals surface area (Å²) in [5.41, 5.74) is 1.34.